The van der Waals surface area contributed by atoms with E-state index in [0.29, 0.717) is 17.4 Å². The van der Waals surface area contributed by atoms with Crippen molar-refractivity contribution in [1.82, 2.24) is 25.1 Å². The molecule has 0 radical (unpaired) electrons. The van der Waals surface area contributed by atoms with Crippen LogP contribution in [0, 0.1) is 0 Å². The number of rotatable bonds is 3. The summed E-state index contributed by atoms with van der Waals surface area (Å²) in [5.74, 6) is 0.440. The van der Waals surface area contributed by atoms with Gasteiger partial charge in [0.15, 0.2) is 0 Å². The smallest absolute Gasteiger partial charge is 0.246 e. The Labute approximate surface area is 133 Å². The van der Waals surface area contributed by atoms with Crippen LogP contribution in [0.15, 0.2) is 24.3 Å². The number of hydrogen-bond donors (Lipinski definition) is 1. The number of nitrogens with zero attached hydrogens (tertiary/aromatic N) is 5. The van der Waals surface area contributed by atoms with Gasteiger partial charge in [-0.2, -0.15) is 4.80 Å². The van der Waals surface area contributed by atoms with Crippen LogP contribution in [-0.2, 0) is 11.3 Å². The largest absolute Gasteiger partial charge is 0.339 e. The minimum absolute atomic E-state index is 0.0322. The van der Waals surface area contributed by atoms with E-state index in [9.17, 15) is 4.79 Å². The van der Waals surface area contributed by atoms with Crippen LogP contribution in [-0.4, -0.2) is 50.1 Å². The molecule has 1 unspecified atom stereocenters. The van der Waals surface area contributed by atoms with Crippen molar-refractivity contribution in [3.05, 3.63) is 29.3 Å². The van der Waals surface area contributed by atoms with Gasteiger partial charge in [-0.05, 0) is 42.3 Å². The minimum Gasteiger partial charge on any atom is -0.339 e. The molecule has 0 saturated carbocycles. The summed E-state index contributed by atoms with van der Waals surface area (Å²) in [6.45, 7) is 1.41. The van der Waals surface area contributed by atoms with Crippen molar-refractivity contribution in [3.63, 3.8) is 0 Å². The molecule has 116 valence electrons. The first kappa shape index (κ1) is 14.9. The third-order valence-corrected chi connectivity index (χ3v) is 3.89. The highest BCUT2D eigenvalue weighted by Gasteiger charge is 2.22. The molecule has 2 N–H and O–H groups in total. The van der Waals surface area contributed by atoms with Gasteiger partial charge in [-0.25, -0.2) is 0 Å². The van der Waals surface area contributed by atoms with E-state index in [-0.39, 0.29) is 18.5 Å². The summed E-state index contributed by atoms with van der Waals surface area (Å²) in [7, 11) is 0. The third-order valence-electron chi connectivity index (χ3n) is 3.64. The maximum atomic E-state index is 12.2. The predicted molar refractivity (Wildman–Crippen MR) is 82.1 cm³/mol. The quantitative estimate of drug-likeness (QED) is 0.909. The number of nitrogens with two attached hydrogens (primary N) is 1. The molecule has 0 spiro atoms. The van der Waals surface area contributed by atoms with Gasteiger partial charge in [0.1, 0.15) is 6.54 Å². The molecule has 22 heavy (non-hydrogen) atoms. The van der Waals surface area contributed by atoms with E-state index in [0.717, 1.165) is 24.9 Å². The normalized spacial score (nSPS) is 18.5. The van der Waals surface area contributed by atoms with Gasteiger partial charge in [-0.1, -0.05) is 11.6 Å². The second-order valence-electron chi connectivity index (χ2n) is 5.39. The lowest BCUT2D eigenvalue weighted by atomic mass is 10.1. The van der Waals surface area contributed by atoms with Crippen LogP contribution in [0.4, 0.5) is 0 Å². The van der Waals surface area contributed by atoms with Crippen LogP contribution in [0.5, 0.6) is 0 Å². The number of aromatic nitrogens is 4. The maximum absolute atomic E-state index is 12.2. The zero-order valence-corrected chi connectivity index (χ0v) is 12.8. The Morgan fingerprint density at radius 2 is 2.14 bits per heavy atom. The van der Waals surface area contributed by atoms with Gasteiger partial charge >= 0.3 is 0 Å². The van der Waals surface area contributed by atoms with E-state index in [1.165, 1.54) is 4.80 Å². The molecule has 1 aliphatic heterocycles. The average Bonchev–Trinajstić information content (AvgIpc) is 2.96. The number of amides is 1. The van der Waals surface area contributed by atoms with Gasteiger partial charge in [0.2, 0.25) is 11.7 Å². The summed E-state index contributed by atoms with van der Waals surface area (Å²) in [4.78, 5) is 15.3. The molecule has 2 aromatic rings. The molecule has 1 amide bonds. The van der Waals surface area contributed by atoms with Crippen molar-refractivity contribution in [1.29, 1.82) is 0 Å². The summed E-state index contributed by atoms with van der Waals surface area (Å²) in [5.41, 5.74) is 6.70. The minimum atomic E-state index is -0.0322. The second-order valence-corrected chi connectivity index (χ2v) is 5.83. The SMILES string of the molecule is NC1CCCN(C(=O)Cn2nnc(-c3ccc(Cl)cc3)n2)C1. The Morgan fingerprint density at radius 1 is 1.36 bits per heavy atom. The van der Waals surface area contributed by atoms with Crippen LogP contribution in [0.25, 0.3) is 11.4 Å². The summed E-state index contributed by atoms with van der Waals surface area (Å²) >= 11 is 5.85. The fourth-order valence-electron chi connectivity index (χ4n) is 2.48. The maximum Gasteiger partial charge on any atom is 0.246 e. The Morgan fingerprint density at radius 3 is 2.86 bits per heavy atom. The van der Waals surface area contributed by atoms with E-state index in [4.69, 9.17) is 17.3 Å². The molecule has 3 rings (SSSR count). The van der Waals surface area contributed by atoms with Crippen LogP contribution in [0.3, 0.4) is 0 Å². The van der Waals surface area contributed by atoms with Gasteiger partial charge in [0.05, 0.1) is 0 Å². The molecule has 0 aliphatic carbocycles. The molecular formula is C14H17ClN6O. The number of hydrogen-bond acceptors (Lipinski definition) is 5. The number of piperidine rings is 1. The van der Waals surface area contributed by atoms with Crippen LogP contribution < -0.4 is 5.73 Å². The molecule has 2 heterocycles. The lowest BCUT2D eigenvalue weighted by molar-refractivity contribution is -0.133. The summed E-state index contributed by atoms with van der Waals surface area (Å²) in [6.07, 6.45) is 1.90. The van der Waals surface area contributed by atoms with Crippen molar-refractivity contribution in [2.24, 2.45) is 5.73 Å². The van der Waals surface area contributed by atoms with Crippen LogP contribution >= 0.6 is 11.6 Å². The second kappa shape index (κ2) is 6.41. The number of benzene rings is 1. The van der Waals surface area contributed by atoms with Crippen LogP contribution in [0.2, 0.25) is 5.02 Å². The molecule has 1 atom stereocenters. The van der Waals surface area contributed by atoms with Gasteiger partial charge < -0.3 is 10.6 Å². The fourth-order valence-corrected chi connectivity index (χ4v) is 2.61. The molecule has 1 saturated heterocycles. The number of carbonyl (C=O) groups is 1. The van der Waals surface area contributed by atoms with Gasteiger partial charge in [0.25, 0.3) is 0 Å². The van der Waals surface area contributed by atoms with E-state index in [1.54, 1.807) is 17.0 Å². The van der Waals surface area contributed by atoms with Crippen molar-refractivity contribution >= 4 is 17.5 Å². The highest BCUT2D eigenvalue weighted by Crippen LogP contribution is 2.17. The highest BCUT2D eigenvalue weighted by molar-refractivity contribution is 6.30. The average molecular weight is 321 g/mol. The van der Waals surface area contributed by atoms with Crippen molar-refractivity contribution in [2.75, 3.05) is 13.1 Å². The highest BCUT2D eigenvalue weighted by atomic mass is 35.5. The Hall–Kier alpha value is -1.99. The molecule has 0 bridgehead atoms. The summed E-state index contributed by atoms with van der Waals surface area (Å²) < 4.78 is 0. The van der Waals surface area contributed by atoms with Gasteiger partial charge in [0, 0.05) is 29.7 Å². The molecule has 1 fully saturated rings. The molecule has 1 aromatic carbocycles. The van der Waals surface area contributed by atoms with Crippen molar-refractivity contribution < 1.29 is 4.79 Å². The topological polar surface area (TPSA) is 89.9 Å². The van der Waals surface area contributed by atoms with Gasteiger partial charge in [-0.3, -0.25) is 4.79 Å². The first-order valence-corrected chi connectivity index (χ1v) is 7.57. The number of likely N-dealkylation sites (tertiary alicyclic amines) is 1. The molecule has 1 aliphatic rings. The summed E-state index contributed by atoms with van der Waals surface area (Å²) in [6, 6.07) is 7.21. The van der Waals surface area contributed by atoms with E-state index in [1.807, 2.05) is 12.1 Å². The standard InChI is InChI=1S/C14H17ClN6O/c15-11-5-3-10(4-6-11)14-17-19-21(18-14)9-13(22)20-7-1-2-12(16)8-20/h3-6,12H,1-2,7-9,16H2. The Kier molecular flexibility index (Phi) is 4.35. The van der Waals surface area contributed by atoms with E-state index >= 15 is 0 Å². The lowest BCUT2D eigenvalue weighted by Gasteiger charge is -2.30. The zero-order valence-electron chi connectivity index (χ0n) is 12.0. The van der Waals surface area contributed by atoms with Crippen molar-refractivity contribution in [2.45, 2.75) is 25.4 Å². The van der Waals surface area contributed by atoms with Crippen molar-refractivity contribution in [3.8, 4) is 11.4 Å². The number of halogens is 1. The molecule has 7 nitrogen and oxygen atoms in total. The first-order valence-electron chi connectivity index (χ1n) is 7.19. The molecular weight excluding hydrogens is 304 g/mol. The zero-order chi connectivity index (χ0) is 15.5. The lowest BCUT2D eigenvalue weighted by Crippen LogP contribution is -2.46. The Balaban J connectivity index is 1.66. The predicted octanol–water partition coefficient (Wildman–Crippen LogP) is 0.943. The number of tetrazole rings is 1. The van der Waals surface area contributed by atoms with Crippen LogP contribution in [0.1, 0.15) is 12.8 Å². The Bertz CT molecular complexity index is 656. The summed E-state index contributed by atoms with van der Waals surface area (Å²) in [5, 5.41) is 12.8. The van der Waals surface area contributed by atoms with E-state index < -0.39 is 0 Å². The fraction of sp³-hybridized carbons (Fsp3) is 0.429. The monoisotopic (exact) mass is 320 g/mol. The third kappa shape index (κ3) is 3.42. The van der Waals surface area contributed by atoms with Gasteiger partial charge in [-0.15, -0.1) is 10.2 Å². The number of carbonyl (C=O) groups excluding carboxylic acids is 1. The molecule has 8 heteroatoms. The molecule has 1 aromatic heterocycles. The van der Waals surface area contributed by atoms with E-state index in [2.05, 4.69) is 15.4 Å². The first-order chi connectivity index (χ1) is 10.6.